The van der Waals surface area contributed by atoms with Crippen LogP contribution in [-0.4, -0.2) is 44.6 Å². The molecule has 10 heteroatoms. The van der Waals surface area contributed by atoms with Gasteiger partial charge in [-0.2, -0.15) is 0 Å². The molecule has 1 fully saturated rings. The van der Waals surface area contributed by atoms with Crippen LogP contribution in [0.1, 0.15) is 72.3 Å². The molecule has 0 aliphatic heterocycles. The Labute approximate surface area is 234 Å². The molecule has 2 amide bonds. The summed E-state index contributed by atoms with van der Waals surface area (Å²) in [4.78, 5) is 38.0. The van der Waals surface area contributed by atoms with Gasteiger partial charge in [0.15, 0.2) is 0 Å². The molecule has 40 heavy (non-hydrogen) atoms. The second-order valence-electron chi connectivity index (χ2n) is 11.9. The maximum Gasteiger partial charge on any atom is 0.407 e. The highest BCUT2D eigenvalue weighted by Crippen LogP contribution is 2.28. The number of ether oxygens (including phenoxy) is 1. The van der Waals surface area contributed by atoms with E-state index in [0.29, 0.717) is 29.1 Å². The lowest BCUT2D eigenvalue weighted by molar-refractivity contribution is -0.116. The third-order valence-corrected chi connectivity index (χ3v) is 6.65. The first-order valence-electron chi connectivity index (χ1n) is 13.9. The van der Waals surface area contributed by atoms with Crippen molar-refractivity contribution in [3.05, 3.63) is 41.8 Å². The molecule has 9 nitrogen and oxygen atoms in total. The molecule has 2 heterocycles. The Bertz CT molecular complexity index is 1380. The second-order valence-corrected chi connectivity index (χ2v) is 11.9. The first kappa shape index (κ1) is 29.2. The van der Waals surface area contributed by atoms with Crippen LogP contribution < -0.4 is 16.0 Å². The van der Waals surface area contributed by atoms with Crippen molar-refractivity contribution in [3.63, 3.8) is 0 Å². The van der Waals surface area contributed by atoms with Gasteiger partial charge in [-0.15, -0.1) is 0 Å². The Morgan fingerprint density at radius 2 is 1.77 bits per heavy atom. The molecular weight excluding hydrogens is 511 g/mol. The maximum atomic E-state index is 14.8. The first-order chi connectivity index (χ1) is 18.9. The van der Waals surface area contributed by atoms with Crippen LogP contribution in [0, 0.1) is 18.7 Å². The summed E-state index contributed by atoms with van der Waals surface area (Å²) in [6.45, 7) is 11.4. The SMILES string of the molecule is Cc1cc(-c2ccc(NC(=O)CC(C)C)c(F)c2)nc2cnc(N[C@H]3CC[C@H](NC(=O)OC(C)(C)C)CC3)nc12. The average Bonchev–Trinajstić information content (AvgIpc) is 2.85. The Morgan fingerprint density at radius 3 is 2.42 bits per heavy atom. The van der Waals surface area contributed by atoms with Crippen LogP contribution in [0.15, 0.2) is 30.5 Å². The van der Waals surface area contributed by atoms with Gasteiger partial charge in [-0.25, -0.2) is 24.1 Å². The molecule has 3 aromatic rings. The van der Waals surface area contributed by atoms with Crippen molar-refractivity contribution in [2.75, 3.05) is 10.6 Å². The number of alkyl carbamates (subject to hydrolysis) is 1. The molecule has 0 bridgehead atoms. The molecular formula is C30H39FN6O3. The smallest absolute Gasteiger partial charge is 0.407 e. The van der Waals surface area contributed by atoms with Gasteiger partial charge in [0.05, 0.1) is 23.1 Å². The van der Waals surface area contributed by atoms with Gasteiger partial charge in [0.2, 0.25) is 11.9 Å². The lowest BCUT2D eigenvalue weighted by atomic mass is 9.91. The molecule has 3 N–H and O–H groups in total. The molecule has 0 radical (unpaired) electrons. The van der Waals surface area contributed by atoms with Gasteiger partial charge in [-0.3, -0.25) is 4.79 Å². The summed E-state index contributed by atoms with van der Waals surface area (Å²) in [5.41, 5.74) is 3.06. The predicted octanol–water partition coefficient (Wildman–Crippen LogP) is 6.37. The molecule has 214 valence electrons. The third kappa shape index (κ3) is 7.86. The maximum absolute atomic E-state index is 14.8. The average molecular weight is 551 g/mol. The van der Waals surface area contributed by atoms with Crippen LogP contribution >= 0.6 is 0 Å². The van der Waals surface area contributed by atoms with E-state index in [2.05, 4.69) is 25.9 Å². The third-order valence-electron chi connectivity index (χ3n) is 6.65. The van der Waals surface area contributed by atoms with E-state index in [1.807, 2.05) is 47.6 Å². The minimum absolute atomic E-state index is 0.0884. The van der Waals surface area contributed by atoms with E-state index in [1.54, 1.807) is 18.3 Å². The zero-order valence-corrected chi connectivity index (χ0v) is 24.1. The van der Waals surface area contributed by atoms with E-state index in [4.69, 9.17) is 9.72 Å². The van der Waals surface area contributed by atoms with E-state index in [0.717, 1.165) is 36.8 Å². The van der Waals surface area contributed by atoms with Crippen molar-refractivity contribution in [2.24, 2.45) is 5.92 Å². The van der Waals surface area contributed by atoms with Crippen molar-refractivity contribution in [1.29, 1.82) is 0 Å². The molecule has 1 saturated carbocycles. The molecule has 1 aliphatic rings. The fourth-order valence-corrected chi connectivity index (χ4v) is 4.79. The normalized spacial score (nSPS) is 17.5. The van der Waals surface area contributed by atoms with Gasteiger partial charge in [-0.05, 0) is 83.1 Å². The topological polar surface area (TPSA) is 118 Å². The van der Waals surface area contributed by atoms with Crippen LogP contribution in [0.3, 0.4) is 0 Å². The number of fused-ring (bicyclic) bond motifs is 1. The first-order valence-corrected chi connectivity index (χ1v) is 13.9. The number of anilines is 2. The monoisotopic (exact) mass is 550 g/mol. The minimum Gasteiger partial charge on any atom is -0.444 e. The fraction of sp³-hybridized carbons (Fsp3) is 0.500. The van der Waals surface area contributed by atoms with Crippen molar-refractivity contribution >= 4 is 34.7 Å². The standard InChI is InChI=1S/C30H39FN6O3/c1-17(2)13-26(38)36-23-12-7-19(15-22(23)31)24-14-18(3)27-25(35-24)16-32-28(37-27)33-20-8-10-21(11-9-20)34-29(39)40-30(4,5)6/h7,12,14-17,20-21H,8-11,13H2,1-6H3,(H,34,39)(H,36,38)(H,32,33,37)/t20-,21-. The van der Waals surface area contributed by atoms with Gasteiger partial charge < -0.3 is 20.7 Å². The van der Waals surface area contributed by atoms with Crippen LogP contribution in [0.5, 0.6) is 0 Å². The number of nitrogens with zero attached hydrogens (tertiary/aromatic N) is 3. The summed E-state index contributed by atoms with van der Waals surface area (Å²) >= 11 is 0. The number of benzene rings is 1. The predicted molar refractivity (Wildman–Crippen MR) is 155 cm³/mol. The van der Waals surface area contributed by atoms with Crippen molar-refractivity contribution in [2.45, 2.75) is 91.3 Å². The lowest BCUT2D eigenvalue weighted by Gasteiger charge is -2.30. The van der Waals surface area contributed by atoms with Crippen molar-refractivity contribution in [1.82, 2.24) is 20.3 Å². The number of aryl methyl sites for hydroxylation is 1. The van der Waals surface area contributed by atoms with Gasteiger partial charge >= 0.3 is 6.09 Å². The quantitative estimate of drug-likeness (QED) is 0.313. The molecule has 0 spiro atoms. The Hall–Kier alpha value is -3.82. The van der Waals surface area contributed by atoms with Gasteiger partial charge in [0.1, 0.15) is 16.9 Å². The van der Waals surface area contributed by atoms with E-state index in [9.17, 15) is 14.0 Å². The summed E-state index contributed by atoms with van der Waals surface area (Å²) < 4.78 is 20.1. The number of carbonyl (C=O) groups is 2. The van der Waals surface area contributed by atoms with Gasteiger partial charge in [0, 0.05) is 24.1 Å². The number of amides is 2. The molecule has 0 saturated heterocycles. The van der Waals surface area contributed by atoms with Gasteiger partial charge in [-0.1, -0.05) is 19.9 Å². The van der Waals surface area contributed by atoms with E-state index < -0.39 is 11.4 Å². The van der Waals surface area contributed by atoms with Crippen LogP contribution in [0.2, 0.25) is 0 Å². The highest BCUT2D eigenvalue weighted by Gasteiger charge is 2.25. The molecule has 0 atom stereocenters. The summed E-state index contributed by atoms with van der Waals surface area (Å²) in [5, 5.41) is 9.02. The zero-order valence-electron chi connectivity index (χ0n) is 24.1. The molecule has 2 aromatic heterocycles. The highest BCUT2D eigenvalue weighted by atomic mass is 19.1. The Kier molecular flexibility index (Phi) is 8.85. The second kappa shape index (κ2) is 12.1. The summed E-state index contributed by atoms with van der Waals surface area (Å²) in [6.07, 6.45) is 5.05. The Morgan fingerprint density at radius 1 is 1.07 bits per heavy atom. The number of hydrogen-bond acceptors (Lipinski definition) is 7. The van der Waals surface area contributed by atoms with E-state index in [-0.39, 0.29) is 35.7 Å². The van der Waals surface area contributed by atoms with Crippen LogP contribution in [0.4, 0.5) is 20.8 Å². The minimum atomic E-state index is -0.517. The van der Waals surface area contributed by atoms with E-state index >= 15 is 0 Å². The number of rotatable bonds is 7. The number of halogens is 1. The number of aromatic nitrogens is 3. The van der Waals surface area contributed by atoms with E-state index in [1.165, 1.54) is 6.07 Å². The summed E-state index contributed by atoms with van der Waals surface area (Å²) in [7, 11) is 0. The fourth-order valence-electron chi connectivity index (χ4n) is 4.79. The van der Waals surface area contributed by atoms with Crippen molar-refractivity contribution < 1.29 is 18.7 Å². The number of pyridine rings is 1. The van der Waals surface area contributed by atoms with Crippen molar-refractivity contribution in [3.8, 4) is 11.3 Å². The molecule has 1 aliphatic carbocycles. The van der Waals surface area contributed by atoms with Gasteiger partial charge in [0.25, 0.3) is 0 Å². The Balaban J connectivity index is 1.40. The zero-order chi connectivity index (χ0) is 29.0. The number of hydrogen-bond donors (Lipinski definition) is 3. The number of nitrogens with one attached hydrogen (secondary N) is 3. The van der Waals surface area contributed by atoms with Crippen LogP contribution in [0.25, 0.3) is 22.3 Å². The number of carbonyl (C=O) groups excluding carboxylic acids is 2. The lowest BCUT2D eigenvalue weighted by Crippen LogP contribution is -2.42. The summed E-state index contributed by atoms with van der Waals surface area (Å²) in [5.74, 6) is -0.0104. The molecule has 0 unspecified atom stereocenters. The summed E-state index contributed by atoms with van der Waals surface area (Å²) in [6, 6.07) is 6.84. The van der Waals surface area contributed by atoms with Crippen LogP contribution in [-0.2, 0) is 9.53 Å². The molecule has 4 rings (SSSR count). The highest BCUT2D eigenvalue weighted by molar-refractivity contribution is 5.91. The largest absolute Gasteiger partial charge is 0.444 e. The molecule has 1 aromatic carbocycles.